The quantitative estimate of drug-likeness (QED) is 0.840. The number of rotatable bonds is 6. The molecule has 0 heterocycles. The van der Waals surface area contributed by atoms with E-state index in [1.807, 2.05) is 0 Å². The van der Waals surface area contributed by atoms with Crippen molar-refractivity contribution in [3.05, 3.63) is 59.2 Å². The van der Waals surface area contributed by atoms with Gasteiger partial charge in [0.15, 0.2) is 11.5 Å². The lowest BCUT2D eigenvalue weighted by Crippen LogP contribution is -2.39. The highest BCUT2D eigenvalue weighted by molar-refractivity contribution is 5.97. The molecular weight excluding hydrogens is 332 g/mol. The van der Waals surface area contributed by atoms with Crippen LogP contribution in [-0.4, -0.2) is 31.8 Å². The summed E-state index contributed by atoms with van der Waals surface area (Å²) in [6.45, 7) is 1.04. The first kappa shape index (κ1) is 18.7. The molecule has 0 bridgehead atoms. The summed E-state index contributed by atoms with van der Waals surface area (Å²) >= 11 is 0. The number of aliphatic hydroxyl groups is 1. The van der Waals surface area contributed by atoms with E-state index in [0.717, 1.165) is 12.1 Å². The van der Waals surface area contributed by atoms with E-state index in [-0.39, 0.29) is 23.4 Å². The van der Waals surface area contributed by atoms with Gasteiger partial charge >= 0.3 is 0 Å². The molecule has 0 aliphatic rings. The molecule has 2 N–H and O–H groups in total. The summed E-state index contributed by atoms with van der Waals surface area (Å²) < 4.78 is 37.2. The van der Waals surface area contributed by atoms with Gasteiger partial charge in [0.05, 0.1) is 26.3 Å². The Bertz CT molecular complexity index is 778. The van der Waals surface area contributed by atoms with Gasteiger partial charge in [-0.05, 0) is 25.1 Å². The number of methoxy groups -OCH3 is 2. The smallest absolute Gasteiger partial charge is 0.255 e. The molecule has 0 aliphatic heterocycles. The van der Waals surface area contributed by atoms with Crippen LogP contribution in [0.2, 0.25) is 0 Å². The summed E-state index contributed by atoms with van der Waals surface area (Å²) in [4.78, 5) is 12.4. The Morgan fingerprint density at radius 1 is 1.20 bits per heavy atom. The van der Waals surface area contributed by atoms with Crippen molar-refractivity contribution >= 4 is 5.91 Å². The van der Waals surface area contributed by atoms with E-state index in [1.165, 1.54) is 27.2 Å². The fourth-order valence-corrected chi connectivity index (χ4v) is 2.44. The van der Waals surface area contributed by atoms with Gasteiger partial charge in [-0.3, -0.25) is 4.79 Å². The number of ether oxygens (including phenoxy) is 2. The first-order valence-electron chi connectivity index (χ1n) is 7.47. The molecule has 5 nitrogen and oxygen atoms in total. The third-order valence-electron chi connectivity index (χ3n) is 3.75. The zero-order chi connectivity index (χ0) is 18.6. The summed E-state index contributed by atoms with van der Waals surface area (Å²) in [5.74, 6) is -1.54. The van der Waals surface area contributed by atoms with Gasteiger partial charge in [-0.2, -0.15) is 0 Å². The highest BCUT2D eigenvalue weighted by atomic mass is 19.1. The Balaban J connectivity index is 2.19. The molecule has 0 saturated heterocycles. The summed E-state index contributed by atoms with van der Waals surface area (Å²) in [6.07, 6.45) is 0. The molecule has 0 saturated carbocycles. The van der Waals surface area contributed by atoms with Gasteiger partial charge in [-0.25, -0.2) is 8.78 Å². The van der Waals surface area contributed by atoms with Gasteiger partial charge in [0, 0.05) is 11.6 Å². The first-order valence-corrected chi connectivity index (χ1v) is 7.47. The van der Waals surface area contributed by atoms with Gasteiger partial charge in [-0.15, -0.1) is 0 Å². The Kier molecular flexibility index (Phi) is 5.58. The molecule has 0 radical (unpaired) electrons. The number of carbonyl (C=O) groups excluding carboxylic acids is 1. The van der Waals surface area contributed by atoms with E-state index in [4.69, 9.17) is 9.47 Å². The zero-order valence-electron chi connectivity index (χ0n) is 14.1. The number of benzene rings is 2. The van der Waals surface area contributed by atoms with Crippen LogP contribution in [0.3, 0.4) is 0 Å². The highest BCUT2D eigenvalue weighted by Gasteiger charge is 2.28. The van der Waals surface area contributed by atoms with Gasteiger partial charge in [0.1, 0.15) is 17.2 Å². The maximum atomic E-state index is 13.9. The van der Waals surface area contributed by atoms with Gasteiger partial charge in [0.2, 0.25) is 0 Å². The number of halogens is 2. The van der Waals surface area contributed by atoms with E-state index < -0.39 is 23.1 Å². The van der Waals surface area contributed by atoms with Crippen molar-refractivity contribution in [1.82, 2.24) is 5.32 Å². The number of hydrogen-bond acceptors (Lipinski definition) is 4. The van der Waals surface area contributed by atoms with Crippen LogP contribution in [0.5, 0.6) is 11.5 Å². The van der Waals surface area contributed by atoms with Crippen LogP contribution in [-0.2, 0) is 5.60 Å². The minimum atomic E-state index is -1.72. The lowest BCUT2D eigenvalue weighted by molar-refractivity contribution is 0.0493. The topological polar surface area (TPSA) is 67.8 Å². The van der Waals surface area contributed by atoms with Crippen LogP contribution in [0.25, 0.3) is 0 Å². The molecule has 7 heteroatoms. The van der Waals surface area contributed by atoms with Crippen LogP contribution in [0.1, 0.15) is 22.8 Å². The number of hydrogen-bond donors (Lipinski definition) is 2. The minimum absolute atomic E-state index is 0.119. The number of carbonyl (C=O) groups is 1. The zero-order valence-corrected chi connectivity index (χ0v) is 14.1. The molecule has 0 spiro atoms. The molecule has 1 amide bonds. The highest BCUT2D eigenvalue weighted by Crippen LogP contribution is 2.31. The van der Waals surface area contributed by atoms with Gasteiger partial charge in [0.25, 0.3) is 5.91 Å². The fraction of sp³-hybridized carbons (Fsp3) is 0.278. The average Bonchev–Trinajstić information content (AvgIpc) is 2.58. The Labute approximate surface area is 144 Å². The molecule has 2 aromatic carbocycles. The fourth-order valence-electron chi connectivity index (χ4n) is 2.44. The maximum Gasteiger partial charge on any atom is 0.255 e. The van der Waals surface area contributed by atoms with Gasteiger partial charge in [-0.1, -0.05) is 12.1 Å². The van der Waals surface area contributed by atoms with Crippen molar-refractivity contribution in [2.45, 2.75) is 12.5 Å². The summed E-state index contributed by atoms with van der Waals surface area (Å²) in [7, 11) is 2.85. The van der Waals surface area contributed by atoms with E-state index in [9.17, 15) is 18.7 Å². The molecule has 0 fully saturated rings. The normalized spacial score (nSPS) is 13.0. The maximum absolute atomic E-state index is 13.9. The Morgan fingerprint density at radius 2 is 1.92 bits per heavy atom. The average molecular weight is 351 g/mol. The molecule has 0 aliphatic carbocycles. The summed E-state index contributed by atoms with van der Waals surface area (Å²) in [6, 6.07) is 7.65. The lowest BCUT2D eigenvalue weighted by atomic mass is 9.95. The van der Waals surface area contributed by atoms with Crippen molar-refractivity contribution < 1.29 is 28.2 Å². The Hall–Kier alpha value is -2.67. The standard InChI is InChI=1S/C18H19F2NO4/c1-18(23,13-8-7-11(19)9-14(13)20)10-21-17(22)12-5-4-6-15(24-2)16(12)25-3/h4-9,23H,10H2,1-3H3,(H,21,22). The van der Waals surface area contributed by atoms with Crippen LogP contribution in [0.4, 0.5) is 8.78 Å². The summed E-state index contributed by atoms with van der Waals surface area (Å²) in [5.41, 5.74) is -1.64. The van der Waals surface area contributed by atoms with E-state index >= 15 is 0 Å². The molecule has 1 unspecified atom stereocenters. The largest absolute Gasteiger partial charge is 0.493 e. The number of para-hydroxylation sites is 1. The Morgan fingerprint density at radius 3 is 2.52 bits per heavy atom. The first-order chi connectivity index (χ1) is 11.8. The second-order valence-corrected chi connectivity index (χ2v) is 5.62. The number of amides is 1. The van der Waals surface area contributed by atoms with Crippen molar-refractivity contribution in [2.75, 3.05) is 20.8 Å². The molecule has 1 atom stereocenters. The molecule has 2 aromatic rings. The van der Waals surface area contributed by atoms with E-state index in [1.54, 1.807) is 12.1 Å². The van der Waals surface area contributed by atoms with Crippen LogP contribution < -0.4 is 14.8 Å². The SMILES string of the molecule is COc1cccc(C(=O)NCC(C)(O)c2ccc(F)cc2F)c1OC. The third kappa shape index (κ3) is 4.06. The van der Waals surface area contributed by atoms with Crippen LogP contribution in [0, 0.1) is 11.6 Å². The van der Waals surface area contributed by atoms with E-state index in [0.29, 0.717) is 11.8 Å². The molecule has 25 heavy (non-hydrogen) atoms. The van der Waals surface area contributed by atoms with Crippen molar-refractivity contribution in [3.63, 3.8) is 0 Å². The van der Waals surface area contributed by atoms with Crippen LogP contribution >= 0.6 is 0 Å². The molecular formula is C18H19F2NO4. The van der Waals surface area contributed by atoms with Crippen molar-refractivity contribution in [2.24, 2.45) is 0 Å². The monoisotopic (exact) mass is 351 g/mol. The molecule has 2 rings (SSSR count). The second-order valence-electron chi connectivity index (χ2n) is 5.62. The second kappa shape index (κ2) is 7.48. The summed E-state index contributed by atoms with van der Waals surface area (Å²) in [5, 5.41) is 13.0. The number of nitrogens with one attached hydrogen (secondary N) is 1. The van der Waals surface area contributed by atoms with E-state index in [2.05, 4.69) is 5.32 Å². The minimum Gasteiger partial charge on any atom is -0.493 e. The third-order valence-corrected chi connectivity index (χ3v) is 3.75. The van der Waals surface area contributed by atoms with Crippen molar-refractivity contribution in [3.8, 4) is 11.5 Å². The van der Waals surface area contributed by atoms with Crippen molar-refractivity contribution in [1.29, 1.82) is 0 Å². The lowest BCUT2D eigenvalue weighted by Gasteiger charge is -2.25. The van der Waals surface area contributed by atoms with Gasteiger partial charge < -0.3 is 19.9 Å². The van der Waals surface area contributed by atoms with Crippen LogP contribution in [0.15, 0.2) is 36.4 Å². The predicted molar refractivity (Wildman–Crippen MR) is 87.8 cm³/mol. The molecule has 134 valence electrons. The molecule has 0 aromatic heterocycles. The predicted octanol–water partition coefficient (Wildman–Crippen LogP) is 2.62.